The predicted octanol–water partition coefficient (Wildman–Crippen LogP) is 1.00. The van der Waals surface area contributed by atoms with Crippen LogP contribution in [0.3, 0.4) is 0 Å². The Labute approximate surface area is 208 Å². The molecular weight excluding hydrogens is 474 g/mol. The summed E-state index contributed by atoms with van der Waals surface area (Å²) in [5.41, 5.74) is 11.5. The normalized spacial score (nSPS) is 14.2. The minimum absolute atomic E-state index is 0. The van der Waals surface area contributed by atoms with Gasteiger partial charge < -0.3 is 24.8 Å². The number of allylic oxidation sites excluding steroid dienone is 4. The molecule has 0 aliphatic heterocycles. The summed E-state index contributed by atoms with van der Waals surface area (Å²) >= 11 is 0. The van der Waals surface area contributed by atoms with Crippen molar-refractivity contribution >= 4 is 5.57 Å². The molecule has 151 valence electrons. The van der Waals surface area contributed by atoms with Crippen molar-refractivity contribution in [1.29, 1.82) is 0 Å². The first-order valence-corrected chi connectivity index (χ1v) is 9.74. The molecule has 0 spiro atoms. The minimum atomic E-state index is 0. The maximum atomic E-state index is 3.85. The second-order valence-corrected chi connectivity index (χ2v) is 9.82. The van der Waals surface area contributed by atoms with Crippen LogP contribution in [0.4, 0.5) is 0 Å². The van der Waals surface area contributed by atoms with E-state index < -0.39 is 0 Å². The fourth-order valence-electron chi connectivity index (χ4n) is 4.12. The van der Waals surface area contributed by atoms with E-state index in [-0.39, 0.29) is 61.8 Å². The smallest absolute Gasteiger partial charge is 1.00 e. The first-order chi connectivity index (χ1) is 12.1. The van der Waals surface area contributed by atoms with Gasteiger partial charge in [0.1, 0.15) is 0 Å². The van der Waals surface area contributed by atoms with Crippen LogP contribution in [-0.4, -0.2) is 0 Å². The molecular formula is C26H29Cl2Zr. The van der Waals surface area contributed by atoms with Crippen molar-refractivity contribution in [2.75, 3.05) is 0 Å². The molecule has 0 N–H and O–H groups in total. The van der Waals surface area contributed by atoms with Gasteiger partial charge in [0.25, 0.3) is 0 Å². The number of halogens is 2. The van der Waals surface area contributed by atoms with Crippen LogP contribution in [0.5, 0.6) is 0 Å². The first kappa shape index (κ1) is 26.4. The number of fused-ring (bicyclic) bond motifs is 3. The molecule has 2 aliphatic rings. The Balaban J connectivity index is 0.00000140. The van der Waals surface area contributed by atoms with Gasteiger partial charge in [-0.2, -0.15) is 12.1 Å². The maximum absolute atomic E-state index is 3.85. The number of hydrogen-bond donors (Lipinski definition) is 0. The number of benzene rings is 2. The van der Waals surface area contributed by atoms with Crippen molar-refractivity contribution in [2.45, 2.75) is 65.2 Å². The summed E-state index contributed by atoms with van der Waals surface area (Å²) in [6.45, 7) is 13.8. The van der Waals surface area contributed by atoms with Crippen LogP contribution in [0.2, 0.25) is 0 Å². The van der Waals surface area contributed by atoms with Crippen molar-refractivity contribution < 1.29 is 51.0 Å². The van der Waals surface area contributed by atoms with Crippen LogP contribution in [0.1, 0.15) is 75.8 Å². The van der Waals surface area contributed by atoms with E-state index in [9.17, 15) is 0 Å². The van der Waals surface area contributed by atoms with E-state index in [1.165, 1.54) is 44.5 Å². The molecule has 0 nitrogen and oxygen atoms in total. The van der Waals surface area contributed by atoms with E-state index in [1.54, 1.807) is 0 Å². The molecule has 0 bridgehead atoms. The van der Waals surface area contributed by atoms with Crippen molar-refractivity contribution in [3.63, 3.8) is 0 Å². The molecule has 0 amide bonds. The Morgan fingerprint density at radius 1 is 0.828 bits per heavy atom. The van der Waals surface area contributed by atoms with E-state index in [0.717, 1.165) is 12.8 Å². The van der Waals surface area contributed by atoms with Gasteiger partial charge in [0.2, 0.25) is 0 Å². The molecule has 0 fully saturated rings. The summed E-state index contributed by atoms with van der Waals surface area (Å²) in [6.07, 6.45) is 8.74. The van der Waals surface area contributed by atoms with Crippen LogP contribution in [0.25, 0.3) is 16.7 Å². The zero-order valence-electron chi connectivity index (χ0n) is 18.2. The topological polar surface area (TPSA) is 0 Å². The van der Waals surface area contributed by atoms with Crippen LogP contribution in [0.15, 0.2) is 42.5 Å². The van der Waals surface area contributed by atoms with E-state index in [2.05, 4.69) is 90.1 Å². The van der Waals surface area contributed by atoms with Gasteiger partial charge in [0.15, 0.2) is 0 Å². The maximum Gasteiger partial charge on any atom is 3.00 e. The summed E-state index contributed by atoms with van der Waals surface area (Å²) in [7, 11) is 0. The monoisotopic (exact) mass is 501 g/mol. The van der Waals surface area contributed by atoms with Crippen LogP contribution in [0, 0.1) is 6.07 Å². The van der Waals surface area contributed by atoms with Crippen molar-refractivity contribution in [3.8, 4) is 11.1 Å². The van der Waals surface area contributed by atoms with Crippen LogP contribution >= 0.6 is 0 Å². The molecule has 3 heteroatoms. The molecule has 4 rings (SSSR count). The zero-order chi connectivity index (χ0) is 18.7. The second kappa shape index (κ2) is 9.25. The summed E-state index contributed by atoms with van der Waals surface area (Å²) in [4.78, 5) is 0. The number of rotatable bonds is 1. The molecule has 0 heterocycles. The van der Waals surface area contributed by atoms with E-state index in [4.69, 9.17) is 0 Å². The van der Waals surface area contributed by atoms with E-state index in [1.807, 2.05) is 0 Å². The summed E-state index contributed by atoms with van der Waals surface area (Å²) < 4.78 is 0. The third-order valence-electron chi connectivity index (χ3n) is 5.65. The minimum Gasteiger partial charge on any atom is -1.00 e. The second-order valence-electron chi connectivity index (χ2n) is 9.82. The van der Waals surface area contributed by atoms with Gasteiger partial charge in [-0.05, 0) is 34.8 Å². The molecule has 0 atom stereocenters. The summed E-state index contributed by atoms with van der Waals surface area (Å²) in [6, 6.07) is 13.3. The molecule has 1 radical (unpaired) electrons. The predicted molar refractivity (Wildman–Crippen MR) is 113 cm³/mol. The Morgan fingerprint density at radius 2 is 1.52 bits per heavy atom. The van der Waals surface area contributed by atoms with Crippen molar-refractivity contribution in [2.24, 2.45) is 0 Å². The van der Waals surface area contributed by atoms with Gasteiger partial charge in [-0.3, -0.25) is 0 Å². The molecule has 29 heavy (non-hydrogen) atoms. The Bertz CT molecular complexity index is 954. The quantitative estimate of drug-likeness (QED) is 0.435. The summed E-state index contributed by atoms with van der Waals surface area (Å²) in [5.74, 6) is 0. The first-order valence-electron chi connectivity index (χ1n) is 9.74. The third-order valence-corrected chi connectivity index (χ3v) is 5.65. The van der Waals surface area contributed by atoms with E-state index >= 15 is 0 Å². The molecule has 0 aromatic heterocycles. The fraction of sp³-hybridized carbons (Fsp3) is 0.385. The Hall–Kier alpha value is -0.617. The Kier molecular flexibility index (Phi) is 8.43. The largest absolute Gasteiger partial charge is 3.00 e. The van der Waals surface area contributed by atoms with Crippen molar-refractivity contribution in [1.82, 2.24) is 0 Å². The van der Waals surface area contributed by atoms with Gasteiger partial charge in [-0.15, -0.1) is 22.3 Å². The molecule has 2 aliphatic carbocycles. The van der Waals surface area contributed by atoms with Crippen molar-refractivity contribution in [3.05, 3.63) is 76.4 Å². The summed E-state index contributed by atoms with van der Waals surface area (Å²) in [5, 5.41) is 0. The molecule has 0 saturated carbocycles. The van der Waals surface area contributed by atoms with Gasteiger partial charge in [-0.1, -0.05) is 89.1 Å². The Morgan fingerprint density at radius 3 is 2.07 bits per heavy atom. The molecule has 2 aromatic rings. The van der Waals surface area contributed by atoms with E-state index in [0.29, 0.717) is 0 Å². The third kappa shape index (κ3) is 5.00. The fourth-order valence-corrected chi connectivity index (χ4v) is 4.12. The average Bonchev–Trinajstić information content (AvgIpc) is 3.18. The SMILES string of the molecule is CC(C)(C)c1ccc2c(c1)Cc1[c-]c(C(C)(C)C)c(C3=CC=CC3)cc1-2.[Cl-].[Cl-].[Zr+3]. The van der Waals surface area contributed by atoms with Crippen LogP contribution < -0.4 is 24.8 Å². The molecule has 0 saturated heterocycles. The number of hydrogen-bond acceptors (Lipinski definition) is 0. The van der Waals surface area contributed by atoms with Crippen LogP contribution in [-0.2, 0) is 43.5 Å². The average molecular weight is 504 g/mol. The zero-order valence-corrected chi connectivity index (χ0v) is 22.2. The van der Waals surface area contributed by atoms with Gasteiger partial charge >= 0.3 is 26.2 Å². The van der Waals surface area contributed by atoms with Gasteiger partial charge in [-0.25, -0.2) is 0 Å². The van der Waals surface area contributed by atoms with Gasteiger partial charge in [0, 0.05) is 0 Å². The molecule has 0 unspecified atom stereocenters. The van der Waals surface area contributed by atoms with Gasteiger partial charge in [0.05, 0.1) is 0 Å². The molecule has 2 aromatic carbocycles. The standard InChI is InChI=1S/C26H29.2ClH.Zr/c1-25(2,3)20-11-12-21-18(14-20)13-19-15-24(26(4,5)6)23(16-22(19)21)17-9-7-8-10-17;;;/h7-9,11-12,14,16H,10,13H2,1-6H3;2*1H;/q-1;;;+3/p-2.